The molecule has 0 saturated carbocycles. The lowest BCUT2D eigenvalue weighted by molar-refractivity contribution is -0.274. The molecule has 8 heteroatoms. The van der Waals surface area contributed by atoms with Crippen molar-refractivity contribution in [1.82, 2.24) is 0 Å². The van der Waals surface area contributed by atoms with Gasteiger partial charge in [0.15, 0.2) is 6.29 Å². The summed E-state index contributed by atoms with van der Waals surface area (Å²) in [7, 11) is 0. The molecule has 0 radical (unpaired) electrons. The van der Waals surface area contributed by atoms with Crippen molar-refractivity contribution in [3.63, 3.8) is 0 Å². The van der Waals surface area contributed by atoms with Gasteiger partial charge in [0.1, 0.15) is 5.75 Å². The topological polar surface area (TPSA) is 26.3 Å². The standard InChI is InChI=1S/C15H8F6O2/c16-14(17,18)10-5-6-11(9(7-10)8-22)12-3-1-2-4-13(12)23-15(19,20)21/h1-8H. The van der Waals surface area contributed by atoms with E-state index in [0.717, 1.165) is 12.1 Å². The van der Waals surface area contributed by atoms with Crippen molar-refractivity contribution < 1.29 is 35.9 Å². The van der Waals surface area contributed by atoms with Gasteiger partial charge in [0.25, 0.3) is 0 Å². The van der Waals surface area contributed by atoms with Gasteiger partial charge in [-0.3, -0.25) is 4.79 Å². The predicted molar refractivity (Wildman–Crippen MR) is 69.0 cm³/mol. The summed E-state index contributed by atoms with van der Waals surface area (Å²) in [6, 6.07) is 7.08. The maximum Gasteiger partial charge on any atom is 0.573 e. The van der Waals surface area contributed by atoms with E-state index in [1.54, 1.807) is 0 Å². The van der Waals surface area contributed by atoms with Crippen LogP contribution in [0, 0.1) is 0 Å². The van der Waals surface area contributed by atoms with Crippen molar-refractivity contribution in [2.45, 2.75) is 12.5 Å². The van der Waals surface area contributed by atoms with E-state index in [9.17, 15) is 31.1 Å². The Morgan fingerprint density at radius 3 is 2.09 bits per heavy atom. The van der Waals surface area contributed by atoms with Crippen LogP contribution in [0.1, 0.15) is 15.9 Å². The number of carbonyl (C=O) groups excluding carboxylic acids is 1. The molecule has 0 saturated heterocycles. The fraction of sp³-hybridized carbons (Fsp3) is 0.133. The minimum atomic E-state index is -4.97. The molecule has 0 aliphatic rings. The fourth-order valence-electron chi connectivity index (χ4n) is 1.98. The highest BCUT2D eigenvalue weighted by Gasteiger charge is 2.33. The molecular formula is C15H8F6O2. The summed E-state index contributed by atoms with van der Waals surface area (Å²) < 4.78 is 79.0. The Kier molecular flexibility index (Phi) is 4.35. The zero-order valence-corrected chi connectivity index (χ0v) is 11.2. The van der Waals surface area contributed by atoms with Crippen molar-refractivity contribution >= 4 is 6.29 Å². The number of carbonyl (C=O) groups is 1. The van der Waals surface area contributed by atoms with Crippen LogP contribution in [0.4, 0.5) is 26.3 Å². The lowest BCUT2D eigenvalue weighted by atomic mass is 9.97. The van der Waals surface area contributed by atoms with Gasteiger partial charge in [-0.1, -0.05) is 24.3 Å². The van der Waals surface area contributed by atoms with Crippen LogP contribution in [0.25, 0.3) is 11.1 Å². The molecule has 122 valence electrons. The summed E-state index contributed by atoms with van der Waals surface area (Å²) in [4.78, 5) is 11.0. The van der Waals surface area contributed by atoms with Crippen LogP contribution < -0.4 is 4.74 Å². The number of aldehydes is 1. The minimum absolute atomic E-state index is 0.0900. The number of rotatable bonds is 3. The summed E-state index contributed by atoms with van der Waals surface area (Å²) >= 11 is 0. The van der Waals surface area contributed by atoms with Gasteiger partial charge in [0.2, 0.25) is 0 Å². The molecule has 0 aliphatic heterocycles. The van der Waals surface area contributed by atoms with E-state index in [2.05, 4.69) is 4.74 Å². The molecule has 0 bridgehead atoms. The van der Waals surface area contributed by atoms with Crippen LogP contribution in [-0.4, -0.2) is 12.6 Å². The quantitative estimate of drug-likeness (QED) is 0.578. The van der Waals surface area contributed by atoms with Crippen LogP contribution in [-0.2, 0) is 6.18 Å². The van der Waals surface area contributed by atoms with E-state index < -0.39 is 29.4 Å². The maximum atomic E-state index is 12.7. The fourth-order valence-corrected chi connectivity index (χ4v) is 1.98. The lowest BCUT2D eigenvalue weighted by Crippen LogP contribution is -2.17. The summed E-state index contributed by atoms with van der Waals surface area (Å²) in [6.07, 6.45) is -9.49. The second-order valence-corrected chi connectivity index (χ2v) is 4.46. The largest absolute Gasteiger partial charge is 0.573 e. The van der Waals surface area contributed by atoms with E-state index in [0.29, 0.717) is 12.1 Å². The predicted octanol–water partition coefficient (Wildman–Crippen LogP) is 5.08. The van der Waals surface area contributed by atoms with Gasteiger partial charge in [-0.25, -0.2) is 0 Å². The number of hydrogen-bond acceptors (Lipinski definition) is 2. The molecule has 23 heavy (non-hydrogen) atoms. The monoisotopic (exact) mass is 334 g/mol. The number of alkyl halides is 6. The van der Waals surface area contributed by atoms with Crippen molar-refractivity contribution in [3.05, 3.63) is 53.6 Å². The number of benzene rings is 2. The molecule has 0 fully saturated rings. The van der Waals surface area contributed by atoms with Gasteiger partial charge in [0.05, 0.1) is 5.56 Å². The molecule has 2 aromatic carbocycles. The van der Waals surface area contributed by atoms with Crippen LogP contribution in [0.2, 0.25) is 0 Å². The first-order chi connectivity index (χ1) is 10.6. The third-order valence-corrected chi connectivity index (χ3v) is 2.91. The smallest absolute Gasteiger partial charge is 0.405 e. The Morgan fingerprint density at radius 2 is 1.52 bits per heavy atom. The van der Waals surface area contributed by atoms with Gasteiger partial charge in [-0.05, 0) is 23.8 Å². The Balaban J connectivity index is 2.57. The number of para-hydroxylation sites is 1. The van der Waals surface area contributed by atoms with Crippen LogP contribution in [0.3, 0.4) is 0 Å². The van der Waals surface area contributed by atoms with E-state index in [1.807, 2.05) is 0 Å². The Morgan fingerprint density at radius 1 is 0.870 bits per heavy atom. The molecule has 0 atom stereocenters. The van der Waals surface area contributed by atoms with Crippen molar-refractivity contribution in [2.75, 3.05) is 0 Å². The Bertz CT molecular complexity index is 719. The molecule has 0 heterocycles. The van der Waals surface area contributed by atoms with E-state index in [4.69, 9.17) is 0 Å². The van der Waals surface area contributed by atoms with Gasteiger partial charge >= 0.3 is 12.5 Å². The third kappa shape index (κ3) is 4.02. The highest BCUT2D eigenvalue weighted by molar-refractivity contribution is 5.89. The average molecular weight is 334 g/mol. The summed E-state index contributed by atoms with van der Waals surface area (Å²) in [6.45, 7) is 0. The average Bonchev–Trinajstić information content (AvgIpc) is 2.44. The second-order valence-electron chi connectivity index (χ2n) is 4.46. The van der Waals surface area contributed by atoms with Crippen molar-refractivity contribution in [3.8, 4) is 16.9 Å². The van der Waals surface area contributed by atoms with Crippen LogP contribution in [0.5, 0.6) is 5.75 Å². The Hall–Kier alpha value is -2.51. The van der Waals surface area contributed by atoms with Crippen molar-refractivity contribution in [2.24, 2.45) is 0 Å². The molecular weight excluding hydrogens is 326 g/mol. The van der Waals surface area contributed by atoms with E-state index in [1.165, 1.54) is 18.2 Å². The van der Waals surface area contributed by atoms with Gasteiger partial charge in [-0.2, -0.15) is 13.2 Å². The Labute approximate surface area is 126 Å². The first kappa shape index (κ1) is 16.9. The molecule has 0 spiro atoms. The van der Waals surface area contributed by atoms with Gasteiger partial charge in [0, 0.05) is 11.1 Å². The summed E-state index contributed by atoms with van der Waals surface area (Å²) in [5, 5.41) is 0. The molecule has 2 rings (SSSR count). The molecule has 0 aromatic heterocycles. The van der Waals surface area contributed by atoms with Gasteiger partial charge < -0.3 is 4.74 Å². The molecule has 2 aromatic rings. The van der Waals surface area contributed by atoms with E-state index >= 15 is 0 Å². The molecule has 0 unspecified atom stereocenters. The summed E-state index contributed by atoms with van der Waals surface area (Å²) in [5.41, 5.74) is -1.69. The maximum absolute atomic E-state index is 12.7. The number of ether oxygens (including phenoxy) is 1. The zero-order chi connectivity index (χ0) is 17.3. The highest BCUT2D eigenvalue weighted by atomic mass is 19.4. The van der Waals surface area contributed by atoms with Crippen molar-refractivity contribution in [1.29, 1.82) is 0 Å². The molecule has 0 N–H and O–H groups in total. The second kappa shape index (κ2) is 5.94. The first-order valence-corrected chi connectivity index (χ1v) is 6.13. The van der Waals surface area contributed by atoms with Crippen LogP contribution >= 0.6 is 0 Å². The van der Waals surface area contributed by atoms with Gasteiger partial charge in [-0.15, -0.1) is 13.2 Å². The molecule has 2 nitrogen and oxygen atoms in total. The van der Waals surface area contributed by atoms with Crippen LogP contribution in [0.15, 0.2) is 42.5 Å². The number of hydrogen-bond donors (Lipinski definition) is 0. The third-order valence-electron chi connectivity index (χ3n) is 2.91. The van der Waals surface area contributed by atoms with E-state index in [-0.39, 0.29) is 17.4 Å². The number of halogens is 6. The normalized spacial score (nSPS) is 12.1. The molecule has 0 amide bonds. The lowest BCUT2D eigenvalue weighted by Gasteiger charge is -2.15. The SMILES string of the molecule is O=Cc1cc(C(F)(F)F)ccc1-c1ccccc1OC(F)(F)F. The summed E-state index contributed by atoms with van der Waals surface area (Å²) in [5.74, 6) is -0.608. The minimum Gasteiger partial charge on any atom is -0.405 e. The molecule has 0 aliphatic carbocycles. The highest BCUT2D eigenvalue weighted by Crippen LogP contribution is 2.37. The first-order valence-electron chi connectivity index (χ1n) is 6.13. The zero-order valence-electron chi connectivity index (χ0n) is 11.2.